The van der Waals surface area contributed by atoms with E-state index >= 15 is 0 Å². The molecular formula is C3H4Cl3F3O3S. The Balaban J connectivity index is 4.21. The molecule has 0 heterocycles. The lowest BCUT2D eigenvalue weighted by Gasteiger charge is -2.32. The second-order valence-electron chi connectivity index (χ2n) is 1.82. The van der Waals surface area contributed by atoms with Crippen molar-refractivity contribution >= 4 is 45.7 Å². The molecule has 0 aromatic carbocycles. The average Bonchev–Trinajstić information content (AvgIpc) is 1.79. The molecule has 2 N–H and O–H groups in total. The zero-order valence-corrected chi connectivity index (χ0v) is 8.77. The van der Waals surface area contributed by atoms with Gasteiger partial charge in [0.15, 0.2) is 6.61 Å². The van der Waals surface area contributed by atoms with Gasteiger partial charge in [0.1, 0.15) is 10.9 Å². The van der Waals surface area contributed by atoms with E-state index in [4.69, 9.17) is 43.9 Å². The van der Waals surface area contributed by atoms with Gasteiger partial charge in [-0.25, -0.2) is 0 Å². The van der Waals surface area contributed by atoms with Gasteiger partial charge >= 0.3 is 6.18 Å². The third-order valence-corrected chi connectivity index (χ3v) is 3.55. The molecule has 0 bridgehead atoms. The molecule has 0 unspecified atom stereocenters. The first-order valence-electron chi connectivity index (χ1n) is 2.51. The maximum absolute atomic E-state index is 11.5. The van der Waals surface area contributed by atoms with Crippen molar-refractivity contribution in [2.24, 2.45) is 0 Å². The summed E-state index contributed by atoms with van der Waals surface area (Å²) in [5.41, 5.74) is 0. The van der Waals surface area contributed by atoms with Gasteiger partial charge in [-0.15, -0.1) is 0 Å². The molecule has 13 heavy (non-hydrogen) atoms. The van der Waals surface area contributed by atoms with Crippen molar-refractivity contribution in [2.75, 3.05) is 6.61 Å². The second-order valence-corrected chi connectivity index (χ2v) is 6.61. The van der Waals surface area contributed by atoms with Crippen LogP contribution in [0.3, 0.4) is 0 Å². The van der Waals surface area contributed by atoms with Gasteiger partial charge in [-0.1, -0.05) is 34.8 Å². The quantitative estimate of drug-likeness (QED) is 0.762. The van der Waals surface area contributed by atoms with E-state index < -0.39 is 26.8 Å². The topological polar surface area (TPSA) is 49.7 Å². The molecule has 0 amide bonds. The molecule has 0 atom stereocenters. The van der Waals surface area contributed by atoms with Crippen LogP contribution < -0.4 is 0 Å². The number of alkyl halides is 6. The first-order valence-corrected chi connectivity index (χ1v) is 5.12. The van der Waals surface area contributed by atoms with Gasteiger partial charge in [-0.05, 0) is 0 Å². The number of hydrogen-bond acceptors (Lipinski definition) is 3. The second kappa shape index (κ2) is 4.18. The third-order valence-electron chi connectivity index (χ3n) is 0.688. The Bertz CT molecular complexity index is 179. The fourth-order valence-electron chi connectivity index (χ4n) is 0.216. The molecule has 3 nitrogen and oxygen atoms in total. The monoisotopic (exact) mass is 282 g/mol. The largest absolute Gasteiger partial charge is 0.413 e. The van der Waals surface area contributed by atoms with Crippen molar-refractivity contribution in [3.63, 3.8) is 0 Å². The normalized spacial score (nSPS) is 16.0. The van der Waals surface area contributed by atoms with E-state index in [2.05, 4.69) is 4.18 Å². The van der Waals surface area contributed by atoms with E-state index in [1.54, 1.807) is 0 Å². The molecule has 0 saturated carbocycles. The SMILES string of the molecule is OS(O)(OCC(F)(F)F)C(Cl)(Cl)Cl. The minimum absolute atomic E-state index is 1.90. The Morgan fingerprint density at radius 3 is 1.77 bits per heavy atom. The van der Waals surface area contributed by atoms with E-state index in [-0.39, 0.29) is 0 Å². The molecule has 0 aliphatic rings. The highest BCUT2D eigenvalue weighted by Gasteiger charge is 2.45. The van der Waals surface area contributed by atoms with E-state index in [0.717, 1.165) is 0 Å². The van der Waals surface area contributed by atoms with Crippen molar-refractivity contribution in [3.05, 3.63) is 0 Å². The Kier molecular flexibility index (Phi) is 4.46. The van der Waals surface area contributed by atoms with Crippen LogP contribution in [0.5, 0.6) is 0 Å². The zero-order chi connectivity index (χ0) is 10.9. The number of hydrogen-bond donors (Lipinski definition) is 2. The van der Waals surface area contributed by atoms with Crippen LogP contribution in [0.25, 0.3) is 0 Å². The standard InChI is InChI=1S/C3H4Cl3F3O3S/c4-3(5,6)13(10,11)12-1-2(7,8)9/h10-11H,1H2. The molecule has 0 aromatic heterocycles. The minimum Gasteiger partial charge on any atom is -0.305 e. The molecule has 0 saturated heterocycles. The molecular weight excluding hydrogens is 279 g/mol. The van der Waals surface area contributed by atoms with Gasteiger partial charge in [-0.3, -0.25) is 4.18 Å². The number of halogens is 6. The summed E-state index contributed by atoms with van der Waals surface area (Å²) in [7, 11) is -4.35. The van der Waals surface area contributed by atoms with Crippen molar-refractivity contribution < 1.29 is 26.5 Å². The van der Waals surface area contributed by atoms with E-state index in [0.29, 0.717) is 0 Å². The first-order chi connectivity index (χ1) is 5.46. The van der Waals surface area contributed by atoms with Gasteiger partial charge in [0.25, 0.3) is 3.12 Å². The van der Waals surface area contributed by atoms with Gasteiger partial charge in [0.05, 0.1) is 0 Å². The van der Waals surface area contributed by atoms with Gasteiger partial charge in [-0.2, -0.15) is 13.2 Å². The lowest BCUT2D eigenvalue weighted by atomic mass is 10.7. The Hall–Kier alpha value is 0.890. The number of rotatable bonds is 2. The molecule has 0 radical (unpaired) electrons. The summed E-state index contributed by atoms with van der Waals surface area (Å²) in [5.74, 6) is 0. The predicted octanol–water partition coefficient (Wildman–Crippen LogP) is 3.56. The highest BCUT2D eigenvalue weighted by molar-refractivity contribution is 8.24. The lowest BCUT2D eigenvalue weighted by molar-refractivity contribution is -0.154. The molecule has 0 aliphatic heterocycles. The van der Waals surface area contributed by atoms with Crippen molar-refractivity contribution in [1.29, 1.82) is 0 Å². The smallest absolute Gasteiger partial charge is 0.305 e. The summed E-state index contributed by atoms with van der Waals surface area (Å²) < 4.78 is 52.9. The summed E-state index contributed by atoms with van der Waals surface area (Å²) in [6.45, 7) is -1.90. The lowest BCUT2D eigenvalue weighted by Crippen LogP contribution is -2.24. The van der Waals surface area contributed by atoms with Crippen molar-refractivity contribution in [3.8, 4) is 0 Å². The summed E-state index contributed by atoms with van der Waals surface area (Å²) in [5, 5.41) is 0. The highest BCUT2D eigenvalue weighted by atomic mass is 35.6. The average molecular weight is 283 g/mol. The molecule has 0 spiro atoms. The van der Waals surface area contributed by atoms with E-state index in [1.807, 2.05) is 0 Å². The minimum atomic E-state index is -4.72. The van der Waals surface area contributed by atoms with Crippen LogP contribution in [0, 0.1) is 0 Å². The highest BCUT2D eigenvalue weighted by Crippen LogP contribution is 2.61. The van der Waals surface area contributed by atoms with Crippen LogP contribution >= 0.6 is 45.7 Å². The summed E-state index contributed by atoms with van der Waals surface area (Å²) >= 11 is 14.8. The fraction of sp³-hybridized carbons (Fsp3) is 1.00. The maximum atomic E-state index is 11.5. The Labute approximate surface area is 88.3 Å². The van der Waals surface area contributed by atoms with Crippen LogP contribution in [0.15, 0.2) is 0 Å². The first kappa shape index (κ1) is 13.9. The molecule has 0 rings (SSSR count). The predicted molar refractivity (Wildman–Crippen MR) is 45.1 cm³/mol. The zero-order valence-electron chi connectivity index (χ0n) is 5.69. The fourth-order valence-corrected chi connectivity index (χ4v) is 1.05. The van der Waals surface area contributed by atoms with Crippen molar-refractivity contribution in [2.45, 2.75) is 9.30 Å². The molecule has 0 aliphatic carbocycles. The Morgan fingerprint density at radius 2 is 1.54 bits per heavy atom. The van der Waals surface area contributed by atoms with Crippen molar-refractivity contribution in [1.82, 2.24) is 0 Å². The van der Waals surface area contributed by atoms with Gasteiger partial charge in [0, 0.05) is 0 Å². The third kappa shape index (κ3) is 5.36. The van der Waals surface area contributed by atoms with E-state index in [9.17, 15) is 13.2 Å². The van der Waals surface area contributed by atoms with Crippen LogP contribution in [0.1, 0.15) is 0 Å². The van der Waals surface area contributed by atoms with Gasteiger partial charge < -0.3 is 9.11 Å². The molecule has 10 heteroatoms. The summed E-state index contributed by atoms with van der Waals surface area (Å²) in [4.78, 5) is 0. The summed E-state index contributed by atoms with van der Waals surface area (Å²) in [6.07, 6.45) is -4.72. The van der Waals surface area contributed by atoms with Crippen LogP contribution in [-0.2, 0) is 4.18 Å². The van der Waals surface area contributed by atoms with Gasteiger partial charge in [0.2, 0.25) is 0 Å². The molecule has 82 valence electrons. The van der Waals surface area contributed by atoms with Crippen LogP contribution in [-0.4, -0.2) is 25.0 Å². The molecule has 0 fully saturated rings. The van der Waals surface area contributed by atoms with Crippen LogP contribution in [0.2, 0.25) is 0 Å². The molecule has 0 aromatic rings. The summed E-state index contributed by atoms with van der Waals surface area (Å²) in [6, 6.07) is 0. The Morgan fingerprint density at radius 1 is 1.15 bits per heavy atom. The maximum Gasteiger partial charge on any atom is 0.413 e. The van der Waals surface area contributed by atoms with Crippen LogP contribution in [0.4, 0.5) is 13.2 Å². The van der Waals surface area contributed by atoms with E-state index in [1.165, 1.54) is 0 Å².